The number of aromatic nitrogens is 1. The van der Waals surface area contributed by atoms with Crippen LogP contribution in [0.2, 0.25) is 0 Å². The van der Waals surface area contributed by atoms with Crippen LogP contribution in [0.15, 0.2) is 60.4 Å². The van der Waals surface area contributed by atoms with Crippen molar-refractivity contribution in [3.8, 4) is 5.75 Å². The quantitative estimate of drug-likeness (QED) is 0.338. The number of likely N-dealkylation sites (N-methyl/N-ethyl adjacent to an activating group) is 1. The molecule has 1 N–H and O–H groups in total. The molecule has 146 valence electrons. The topological polar surface area (TPSA) is 77.3 Å². The van der Waals surface area contributed by atoms with Gasteiger partial charge in [0.2, 0.25) is 0 Å². The number of hydrogen-bond donors (Lipinski definition) is 1. The van der Waals surface area contributed by atoms with Crippen LogP contribution in [0.25, 0.3) is 0 Å². The number of ether oxygens (including phenoxy) is 1. The number of nitrogens with one attached hydrogen (secondary N) is 1. The van der Waals surface area contributed by atoms with Crippen molar-refractivity contribution in [1.82, 2.24) is 10.3 Å². The molecule has 3 rings (SSSR count). The van der Waals surface area contributed by atoms with Crippen LogP contribution in [0.5, 0.6) is 5.75 Å². The molecular formula is C21H23N3O3S. The summed E-state index contributed by atoms with van der Waals surface area (Å²) in [6.45, 7) is 0.376. The molecule has 0 saturated heterocycles. The summed E-state index contributed by atoms with van der Waals surface area (Å²) in [7, 11) is 1.86. The number of rotatable bonds is 6. The van der Waals surface area contributed by atoms with E-state index in [1.54, 1.807) is 18.3 Å². The van der Waals surface area contributed by atoms with Gasteiger partial charge in [-0.05, 0) is 49.1 Å². The fraction of sp³-hybridized carbons (Fsp3) is 0.333. The van der Waals surface area contributed by atoms with Gasteiger partial charge in [-0.15, -0.1) is 0 Å². The molecule has 2 aromatic rings. The highest BCUT2D eigenvalue weighted by Crippen LogP contribution is 2.44. The molecule has 0 bridgehead atoms. The van der Waals surface area contributed by atoms with E-state index in [2.05, 4.69) is 22.4 Å². The van der Waals surface area contributed by atoms with Gasteiger partial charge in [0.15, 0.2) is 0 Å². The molecule has 0 amide bonds. The minimum absolute atomic E-state index is 0.0490. The van der Waals surface area contributed by atoms with Crippen molar-refractivity contribution < 1.29 is 9.66 Å². The lowest BCUT2D eigenvalue weighted by Gasteiger charge is -2.40. The number of pyridine rings is 1. The maximum atomic E-state index is 10.8. The number of non-ortho nitro benzene ring substituents is 1. The van der Waals surface area contributed by atoms with Crippen molar-refractivity contribution in [2.24, 2.45) is 0 Å². The average Bonchev–Trinajstić information content (AvgIpc) is 2.74. The summed E-state index contributed by atoms with van der Waals surface area (Å²) in [5.74, 6) is 0.599. The Morgan fingerprint density at radius 1 is 1.36 bits per heavy atom. The Kier molecular flexibility index (Phi) is 6.36. The lowest BCUT2D eigenvalue weighted by molar-refractivity contribution is -0.384. The Bertz CT molecular complexity index is 868. The molecule has 1 aromatic carbocycles. The molecule has 0 radical (unpaired) electrons. The molecule has 1 aromatic heterocycles. The summed E-state index contributed by atoms with van der Waals surface area (Å²) in [5, 5.41) is 14.0. The van der Waals surface area contributed by atoms with E-state index in [9.17, 15) is 10.1 Å². The number of nitro benzene ring substituents is 1. The highest BCUT2D eigenvalue weighted by atomic mass is 32.1. The van der Waals surface area contributed by atoms with Gasteiger partial charge in [0, 0.05) is 31.6 Å². The van der Waals surface area contributed by atoms with E-state index in [0.29, 0.717) is 12.4 Å². The molecule has 1 aliphatic rings. The molecular weight excluding hydrogens is 374 g/mol. The zero-order chi connectivity index (χ0) is 20.0. The predicted molar refractivity (Wildman–Crippen MR) is 113 cm³/mol. The fourth-order valence-corrected chi connectivity index (χ4v) is 4.16. The van der Waals surface area contributed by atoms with Gasteiger partial charge in [0.25, 0.3) is 5.69 Å². The van der Waals surface area contributed by atoms with Gasteiger partial charge in [0.1, 0.15) is 12.4 Å². The molecule has 0 aliphatic heterocycles. The monoisotopic (exact) mass is 397 g/mol. The summed E-state index contributed by atoms with van der Waals surface area (Å²) in [4.78, 5) is 15.4. The maximum absolute atomic E-state index is 10.8. The van der Waals surface area contributed by atoms with Crippen molar-refractivity contribution in [2.45, 2.75) is 31.1 Å². The van der Waals surface area contributed by atoms with Crippen LogP contribution >= 0.6 is 12.2 Å². The normalized spacial score (nSPS) is 20.5. The van der Waals surface area contributed by atoms with E-state index in [1.165, 1.54) is 17.7 Å². The Labute approximate surface area is 169 Å². The van der Waals surface area contributed by atoms with Gasteiger partial charge in [-0.3, -0.25) is 15.1 Å². The van der Waals surface area contributed by atoms with Crippen LogP contribution in [0.4, 0.5) is 5.69 Å². The van der Waals surface area contributed by atoms with Crippen LogP contribution in [-0.2, 0) is 5.41 Å². The standard InChI is InChI=1S/C21H23N3O3S/c1-22-20(28)21(17-6-4-13-23-15-17)12-3-2-5-16(21)11-14-27-19-9-7-18(8-10-19)24(25)26/h4,6-11,13,15H,2-3,5,12,14H2,1H3,(H,22,28). The van der Waals surface area contributed by atoms with Crippen molar-refractivity contribution >= 4 is 22.9 Å². The first-order valence-electron chi connectivity index (χ1n) is 9.27. The van der Waals surface area contributed by atoms with E-state index < -0.39 is 4.92 Å². The van der Waals surface area contributed by atoms with E-state index >= 15 is 0 Å². The van der Waals surface area contributed by atoms with Crippen molar-refractivity contribution in [2.75, 3.05) is 13.7 Å². The Morgan fingerprint density at radius 2 is 2.14 bits per heavy atom. The first-order chi connectivity index (χ1) is 13.6. The third-order valence-electron chi connectivity index (χ3n) is 5.19. The van der Waals surface area contributed by atoms with Crippen LogP contribution in [0, 0.1) is 10.1 Å². The third-order valence-corrected chi connectivity index (χ3v) is 5.74. The highest BCUT2D eigenvalue weighted by Gasteiger charge is 2.41. The Hall–Kier alpha value is -2.80. The van der Waals surface area contributed by atoms with E-state index in [1.807, 2.05) is 19.3 Å². The summed E-state index contributed by atoms with van der Waals surface area (Å²) >= 11 is 5.74. The number of nitrogens with zero attached hydrogens (tertiary/aromatic N) is 2. The van der Waals surface area contributed by atoms with Gasteiger partial charge in [-0.25, -0.2) is 0 Å². The molecule has 7 heteroatoms. The lowest BCUT2D eigenvalue weighted by Crippen LogP contribution is -2.45. The number of hydrogen-bond acceptors (Lipinski definition) is 5. The Morgan fingerprint density at radius 3 is 2.79 bits per heavy atom. The second-order valence-corrected chi connectivity index (χ2v) is 7.13. The van der Waals surface area contributed by atoms with Crippen LogP contribution < -0.4 is 10.1 Å². The first-order valence-corrected chi connectivity index (χ1v) is 9.68. The zero-order valence-corrected chi connectivity index (χ0v) is 16.6. The summed E-state index contributed by atoms with van der Waals surface area (Å²) < 4.78 is 5.81. The van der Waals surface area contributed by atoms with E-state index in [-0.39, 0.29) is 11.1 Å². The van der Waals surface area contributed by atoms with Gasteiger partial charge >= 0.3 is 0 Å². The molecule has 6 nitrogen and oxygen atoms in total. The molecule has 1 aliphatic carbocycles. The van der Waals surface area contributed by atoms with Crippen LogP contribution in [0.1, 0.15) is 31.2 Å². The molecule has 0 spiro atoms. The number of nitro groups is 1. The minimum Gasteiger partial charge on any atom is -0.490 e. The van der Waals surface area contributed by atoms with Crippen molar-refractivity contribution in [1.29, 1.82) is 0 Å². The Balaban J connectivity index is 1.84. The smallest absolute Gasteiger partial charge is 0.269 e. The van der Waals surface area contributed by atoms with E-state index in [0.717, 1.165) is 36.2 Å². The van der Waals surface area contributed by atoms with Crippen molar-refractivity contribution in [3.63, 3.8) is 0 Å². The summed E-state index contributed by atoms with van der Waals surface area (Å²) in [6, 6.07) is 10.1. The minimum atomic E-state index is -0.422. The largest absolute Gasteiger partial charge is 0.490 e. The summed E-state index contributed by atoms with van der Waals surface area (Å²) in [6.07, 6.45) is 9.83. The molecule has 1 heterocycles. The third kappa shape index (κ3) is 4.04. The highest BCUT2D eigenvalue weighted by molar-refractivity contribution is 7.80. The molecule has 1 fully saturated rings. The van der Waals surface area contributed by atoms with Gasteiger partial charge in [-0.1, -0.05) is 30.3 Å². The fourth-order valence-electron chi connectivity index (χ4n) is 3.81. The SMILES string of the molecule is CNC(=S)C1(c2cccnc2)CCCCC1=CCOc1ccc([N+](=O)[O-])cc1. The second kappa shape index (κ2) is 8.93. The second-order valence-electron chi connectivity index (χ2n) is 6.72. The first kappa shape index (κ1) is 19.9. The molecule has 1 atom stereocenters. The van der Waals surface area contributed by atoms with Crippen LogP contribution in [0.3, 0.4) is 0 Å². The molecule has 1 saturated carbocycles. The molecule has 28 heavy (non-hydrogen) atoms. The van der Waals surface area contributed by atoms with Gasteiger partial charge in [-0.2, -0.15) is 0 Å². The van der Waals surface area contributed by atoms with Gasteiger partial charge in [0.05, 0.1) is 15.3 Å². The van der Waals surface area contributed by atoms with Crippen molar-refractivity contribution in [3.05, 3.63) is 76.1 Å². The van der Waals surface area contributed by atoms with E-state index in [4.69, 9.17) is 17.0 Å². The lowest BCUT2D eigenvalue weighted by atomic mass is 9.66. The summed E-state index contributed by atoms with van der Waals surface area (Å²) in [5.41, 5.74) is 2.01. The number of thiocarbonyl (C=S) groups is 1. The average molecular weight is 398 g/mol. The maximum Gasteiger partial charge on any atom is 0.269 e. The van der Waals surface area contributed by atoms with Gasteiger partial charge < -0.3 is 10.1 Å². The van der Waals surface area contributed by atoms with Crippen LogP contribution in [-0.4, -0.2) is 28.6 Å². The predicted octanol–water partition coefficient (Wildman–Crippen LogP) is 4.35. The number of benzene rings is 1. The zero-order valence-electron chi connectivity index (χ0n) is 15.8. The molecule has 1 unspecified atom stereocenters.